The Morgan fingerprint density at radius 2 is 1.45 bits per heavy atom. The third kappa shape index (κ3) is 4.98. The van der Waals surface area contributed by atoms with Crippen molar-refractivity contribution in [3.05, 3.63) is 65.5 Å². The van der Waals surface area contributed by atoms with E-state index in [1.807, 2.05) is 67.6 Å². The Kier molecular flexibility index (Phi) is 6.05. The summed E-state index contributed by atoms with van der Waals surface area (Å²) in [6.07, 6.45) is 3.97. The minimum atomic E-state index is -0.181. The van der Waals surface area contributed by atoms with E-state index in [9.17, 15) is 0 Å². The van der Waals surface area contributed by atoms with Gasteiger partial charge in [0.05, 0.1) is 25.6 Å². The fourth-order valence-corrected chi connectivity index (χ4v) is 3.42. The highest BCUT2D eigenvalue weighted by atomic mass is 16.5. The Morgan fingerprint density at radius 3 is 2.03 bits per heavy atom. The molecule has 4 rings (SSSR count). The zero-order valence-corrected chi connectivity index (χ0v) is 19.9. The van der Waals surface area contributed by atoms with E-state index < -0.39 is 0 Å². The quantitative estimate of drug-likeness (QED) is 0.424. The number of methoxy groups -OCH3 is 2. The van der Waals surface area contributed by atoms with Crippen molar-refractivity contribution < 1.29 is 9.47 Å². The maximum Gasteiger partial charge on any atom is 0.253 e. The molecule has 0 amide bonds. The van der Waals surface area contributed by atoms with Crippen molar-refractivity contribution in [3.8, 4) is 22.8 Å². The van der Waals surface area contributed by atoms with Gasteiger partial charge in [0, 0.05) is 11.1 Å². The molecule has 33 heavy (non-hydrogen) atoms. The number of anilines is 1. The molecule has 1 N–H and O–H groups in total. The average molecular weight is 444 g/mol. The number of nitrogens with zero attached hydrogens (tertiary/aromatic N) is 4. The van der Waals surface area contributed by atoms with Gasteiger partial charge in [0.25, 0.3) is 5.78 Å². The average Bonchev–Trinajstić information content (AvgIpc) is 3.13. The van der Waals surface area contributed by atoms with E-state index in [2.05, 4.69) is 26.1 Å². The monoisotopic (exact) mass is 443 g/mol. The summed E-state index contributed by atoms with van der Waals surface area (Å²) >= 11 is 0. The fraction of sp³-hybridized carbons (Fsp3) is 0.269. The van der Waals surface area contributed by atoms with Gasteiger partial charge in [-0.05, 0) is 75.7 Å². The molecule has 7 heteroatoms. The summed E-state index contributed by atoms with van der Waals surface area (Å²) in [5, 5.41) is 8.36. The lowest BCUT2D eigenvalue weighted by molar-refractivity contribution is 0.414. The van der Waals surface area contributed by atoms with Crippen molar-refractivity contribution in [2.24, 2.45) is 0 Å². The van der Waals surface area contributed by atoms with Crippen molar-refractivity contribution in [2.75, 3.05) is 19.5 Å². The van der Waals surface area contributed by atoms with Gasteiger partial charge in [0.2, 0.25) is 0 Å². The molecule has 170 valence electrons. The van der Waals surface area contributed by atoms with Gasteiger partial charge in [-0.15, -0.1) is 0 Å². The summed E-state index contributed by atoms with van der Waals surface area (Å²) in [4.78, 5) is 9.64. The second-order valence-electron chi connectivity index (χ2n) is 8.81. The Balaban J connectivity index is 1.78. The first-order valence-electron chi connectivity index (χ1n) is 10.8. The second-order valence-corrected chi connectivity index (χ2v) is 8.81. The van der Waals surface area contributed by atoms with Gasteiger partial charge in [-0.25, -0.2) is 9.97 Å². The lowest BCUT2D eigenvalue weighted by Gasteiger charge is -2.22. The van der Waals surface area contributed by atoms with E-state index >= 15 is 0 Å². The van der Waals surface area contributed by atoms with Crippen molar-refractivity contribution in [1.82, 2.24) is 19.6 Å². The number of nitrogens with one attached hydrogen (secondary N) is 1. The molecular formula is C26H29N5O2. The highest BCUT2D eigenvalue weighted by Crippen LogP contribution is 2.31. The van der Waals surface area contributed by atoms with E-state index in [0.29, 0.717) is 5.78 Å². The van der Waals surface area contributed by atoms with E-state index in [1.165, 1.54) is 0 Å². The predicted octanol–water partition coefficient (Wildman–Crippen LogP) is 5.50. The lowest BCUT2D eigenvalue weighted by Crippen LogP contribution is -2.27. The molecule has 0 unspecified atom stereocenters. The van der Waals surface area contributed by atoms with Crippen LogP contribution in [-0.4, -0.2) is 39.3 Å². The van der Waals surface area contributed by atoms with Gasteiger partial charge < -0.3 is 14.8 Å². The van der Waals surface area contributed by atoms with Crippen molar-refractivity contribution in [2.45, 2.75) is 33.2 Å². The minimum absolute atomic E-state index is 0.181. The summed E-state index contributed by atoms with van der Waals surface area (Å²) in [5.41, 5.74) is 4.20. The molecule has 0 radical (unpaired) electrons. The van der Waals surface area contributed by atoms with E-state index in [4.69, 9.17) is 24.5 Å². The minimum Gasteiger partial charge on any atom is -0.497 e. The fourth-order valence-electron chi connectivity index (χ4n) is 3.42. The summed E-state index contributed by atoms with van der Waals surface area (Å²) in [7, 11) is 3.32. The largest absolute Gasteiger partial charge is 0.497 e. The standard InChI is InChI=1S/C26H29N5O2/c1-17-22(16-9-18-7-12-20(32-5)13-8-18)27-25-28-23(19-10-14-21(33-6)15-11-19)24(31(25)30-17)29-26(2,3)4/h7-16,29H,1-6H3/b16-9+. The number of benzene rings is 2. The van der Waals surface area contributed by atoms with Crippen molar-refractivity contribution in [1.29, 1.82) is 0 Å². The molecule has 0 saturated heterocycles. The molecule has 2 aromatic heterocycles. The van der Waals surface area contributed by atoms with Crippen LogP contribution < -0.4 is 14.8 Å². The highest BCUT2D eigenvalue weighted by Gasteiger charge is 2.21. The molecule has 0 saturated carbocycles. The number of imidazole rings is 1. The Morgan fingerprint density at radius 1 is 0.848 bits per heavy atom. The molecule has 0 aliphatic carbocycles. The zero-order valence-electron chi connectivity index (χ0n) is 19.9. The molecule has 2 heterocycles. The normalized spacial score (nSPS) is 11.8. The number of hydrogen-bond donors (Lipinski definition) is 1. The molecule has 0 spiro atoms. The Labute approximate surface area is 194 Å². The van der Waals surface area contributed by atoms with Crippen molar-refractivity contribution >= 4 is 23.7 Å². The van der Waals surface area contributed by atoms with Crippen LogP contribution in [0.1, 0.15) is 37.7 Å². The molecule has 7 nitrogen and oxygen atoms in total. The van der Waals surface area contributed by atoms with Crippen LogP contribution >= 0.6 is 0 Å². The van der Waals surface area contributed by atoms with Gasteiger partial charge in [-0.3, -0.25) is 0 Å². The number of fused-ring (bicyclic) bond motifs is 1. The second kappa shape index (κ2) is 8.94. The molecule has 0 aliphatic rings. The zero-order chi connectivity index (χ0) is 23.6. The lowest BCUT2D eigenvalue weighted by atomic mass is 10.1. The molecule has 4 aromatic rings. The number of hydrogen-bond acceptors (Lipinski definition) is 6. The maximum absolute atomic E-state index is 5.30. The highest BCUT2D eigenvalue weighted by molar-refractivity contribution is 5.77. The predicted molar refractivity (Wildman–Crippen MR) is 133 cm³/mol. The third-order valence-corrected chi connectivity index (χ3v) is 5.08. The summed E-state index contributed by atoms with van der Waals surface area (Å²) in [6.45, 7) is 8.28. The van der Waals surface area contributed by atoms with Crippen LogP contribution in [0.25, 0.3) is 29.2 Å². The smallest absolute Gasteiger partial charge is 0.253 e. The number of ether oxygens (including phenoxy) is 2. The topological polar surface area (TPSA) is 73.6 Å². The molecule has 0 fully saturated rings. The van der Waals surface area contributed by atoms with Crippen LogP contribution in [-0.2, 0) is 0 Å². The third-order valence-electron chi connectivity index (χ3n) is 5.08. The van der Waals surface area contributed by atoms with Gasteiger partial charge in [-0.2, -0.15) is 9.61 Å². The Hall–Kier alpha value is -3.87. The van der Waals surface area contributed by atoms with Crippen LogP contribution in [0, 0.1) is 6.92 Å². The van der Waals surface area contributed by atoms with Gasteiger partial charge in [0.15, 0.2) is 5.82 Å². The molecule has 2 aromatic carbocycles. The summed E-state index contributed by atoms with van der Waals surface area (Å²) < 4.78 is 12.3. The Bertz CT molecular complexity index is 1280. The summed E-state index contributed by atoms with van der Waals surface area (Å²) in [6, 6.07) is 15.7. The van der Waals surface area contributed by atoms with Crippen LogP contribution in [0.3, 0.4) is 0 Å². The van der Waals surface area contributed by atoms with Gasteiger partial charge in [0.1, 0.15) is 17.2 Å². The molecular weight excluding hydrogens is 414 g/mol. The van der Waals surface area contributed by atoms with Crippen LogP contribution in [0.15, 0.2) is 48.5 Å². The van der Waals surface area contributed by atoms with Crippen LogP contribution in [0.4, 0.5) is 5.82 Å². The number of aromatic nitrogens is 4. The van der Waals surface area contributed by atoms with Crippen LogP contribution in [0.2, 0.25) is 0 Å². The van der Waals surface area contributed by atoms with Crippen LogP contribution in [0.5, 0.6) is 11.5 Å². The van der Waals surface area contributed by atoms with E-state index in [0.717, 1.165) is 45.5 Å². The molecule has 0 aliphatic heterocycles. The molecule has 0 bridgehead atoms. The van der Waals surface area contributed by atoms with Gasteiger partial charge >= 0.3 is 0 Å². The summed E-state index contributed by atoms with van der Waals surface area (Å²) in [5.74, 6) is 2.97. The number of rotatable bonds is 6. The number of aryl methyl sites for hydroxylation is 1. The first-order chi connectivity index (χ1) is 15.8. The van der Waals surface area contributed by atoms with Crippen molar-refractivity contribution in [3.63, 3.8) is 0 Å². The first kappa shape index (κ1) is 22.3. The van der Waals surface area contributed by atoms with E-state index in [-0.39, 0.29) is 5.54 Å². The first-order valence-corrected chi connectivity index (χ1v) is 10.8. The SMILES string of the molecule is COc1ccc(/C=C/c2nc3nc(-c4ccc(OC)cc4)c(NC(C)(C)C)n3nc2C)cc1. The van der Waals surface area contributed by atoms with E-state index in [1.54, 1.807) is 18.7 Å². The van der Waals surface area contributed by atoms with Gasteiger partial charge in [-0.1, -0.05) is 18.2 Å². The molecule has 0 atom stereocenters. The maximum atomic E-state index is 5.30.